The number of piperidine rings is 1. The highest BCUT2D eigenvalue weighted by Crippen LogP contribution is 2.19. The van der Waals surface area contributed by atoms with Crippen LogP contribution in [0.5, 0.6) is 0 Å². The predicted octanol–water partition coefficient (Wildman–Crippen LogP) is 1.68. The second-order valence-corrected chi connectivity index (χ2v) is 4.97. The quantitative estimate of drug-likeness (QED) is 0.775. The summed E-state index contributed by atoms with van der Waals surface area (Å²) in [5, 5.41) is 8.94. The average molecular weight is 312 g/mol. The first-order valence-electron chi connectivity index (χ1n) is 7.07. The van der Waals surface area contributed by atoms with Gasteiger partial charge in [-0.05, 0) is 24.6 Å². The predicted molar refractivity (Wildman–Crippen MR) is 85.4 cm³/mol. The minimum atomic E-state index is -0.226. The average Bonchev–Trinajstić information content (AvgIpc) is 2.46. The molecule has 1 fully saturated rings. The van der Waals surface area contributed by atoms with Gasteiger partial charge >= 0.3 is 0 Å². The molecular formula is C15H22ClN3O2. The van der Waals surface area contributed by atoms with Gasteiger partial charge in [0.1, 0.15) is 0 Å². The van der Waals surface area contributed by atoms with Gasteiger partial charge in [0.05, 0.1) is 0 Å². The lowest BCUT2D eigenvalue weighted by Crippen LogP contribution is -2.38. The summed E-state index contributed by atoms with van der Waals surface area (Å²) in [7, 11) is 0. The summed E-state index contributed by atoms with van der Waals surface area (Å²) in [6.45, 7) is 4.22. The summed E-state index contributed by atoms with van der Waals surface area (Å²) in [4.78, 5) is 23.6. The minimum absolute atomic E-state index is 0. The van der Waals surface area contributed by atoms with Crippen LogP contribution in [0.4, 0.5) is 5.69 Å². The van der Waals surface area contributed by atoms with Crippen molar-refractivity contribution < 1.29 is 9.59 Å². The number of halogens is 1. The van der Waals surface area contributed by atoms with Crippen molar-refractivity contribution in [3.05, 3.63) is 29.8 Å². The number of amides is 2. The molecule has 0 bridgehead atoms. The number of para-hydroxylation sites is 1. The zero-order chi connectivity index (χ0) is 14.4. The maximum Gasteiger partial charge on any atom is 0.228 e. The molecule has 6 heteroatoms. The number of carbonyl (C=O) groups excluding carboxylic acids is 2. The SMILES string of the molecule is CCNCc1ccccc1NC(=O)C1CCNC(=O)C1.Cl. The zero-order valence-electron chi connectivity index (χ0n) is 12.1. The van der Waals surface area contributed by atoms with Crippen molar-refractivity contribution in [1.82, 2.24) is 10.6 Å². The van der Waals surface area contributed by atoms with Crippen LogP contribution in [0, 0.1) is 5.92 Å². The van der Waals surface area contributed by atoms with Gasteiger partial charge in [0.25, 0.3) is 0 Å². The third kappa shape index (κ3) is 5.02. The van der Waals surface area contributed by atoms with E-state index in [1.54, 1.807) is 0 Å². The van der Waals surface area contributed by atoms with Gasteiger partial charge in [-0.25, -0.2) is 0 Å². The smallest absolute Gasteiger partial charge is 0.228 e. The van der Waals surface area contributed by atoms with E-state index in [9.17, 15) is 9.59 Å². The minimum Gasteiger partial charge on any atom is -0.356 e. The van der Waals surface area contributed by atoms with Crippen LogP contribution in [0.1, 0.15) is 25.3 Å². The van der Waals surface area contributed by atoms with E-state index in [1.165, 1.54) is 0 Å². The van der Waals surface area contributed by atoms with Crippen molar-refractivity contribution in [2.75, 3.05) is 18.4 Å². The molecule has 3 N–H and O–H groups in total. The first kappa shape index (κ1) is 17.5. The molecule has 116 valence electrons. The normalized spacial score (nSPS) is 17.6. The van der Waals surface area contributed by atoms with Gasteiger partial charge in [-0.15, -0.1) is 12.4 Å². The van der Waals surface area contributed by atoms with Crippen molar-refractivity contribution in [3.8, 4) is 0 Å². The molecule has 0 spiro atoms. The number of nitrogens with one attached hydrogen (secondary N) is 3. The van der Waals surface area contributed by atoms with Crippen molar-refractivity contribution in [3.63, 3.8) is 0 Å². The highest BCUT2D eigenvalue weighted by atomic mass is 35.5. The van der Waals surface area contributed by atoms with Gasteiger partial charge in [-0.3, -0.25) is 9.59 Å². The van der Waals surface area contributed by atoms with Gasteiger partial charge in [0.15, 0.2) is 0 Å². The maximum absolute atomic E-state index is 12.2. The zero-order valence-corrected chi connectivity index (χ0v) is 13.0. The standard InChI is InChI=1S/C15H21N3O2.ClH/c1-2-16-10-12-5-3-4-6-13(12)18-15(20)11-7-8-17-14(19)9-11;/h3-6,11,16H,2,7-10H2,1H3,(H,17,19)(H,18,20);1H. The molecule has 1 saturated heterocycles. The number of anilines is 1. The van der Waals surface area contributed by atoms with E-state index < -0.39 is 0 Å². The second kappa shape index (κ2) is 8.64. The monoisotopic (exact) mass is 311 g/mol. The van der Waals surface area contributed by atoms with Crippen LogP contribution >= 0.6 is 12.4 Å². The fraction of sp³-hybridized carbons (Fsp3) is 0.467. The van der Waals surface area contributed by atoms with Gasteiger partial charge in [0.2, 0.25) is 11.8 Å². The molecule has 1 heterocycles. The van der Waals surface area contributed by atoms with E-state index in [0.29, 0.717) is 13.0 Å². The molecule has 1 aliphatic rings. The Labute approximate surface area is 131 Å². The lowest BCUT2D eigenvalue weighted by atomic mass is 9.96. The van der Waals surface area contributed by atoms with Gasteiger partial charge in [0, 0.05) is 31.1 Å². The number of hydrogen-bond acceptors (Lipinski definition) is 3. The van der Waals surface area contributed by atoms with Crippen LogP contribution in [-0.4, -0.2) is 24.9 Å². The van der Waals surface area contributed by atoms with Gasteiger partial charge in [-0.1, -0.05) is 25.1 Å². The molecule has 1 aliphatic heterocycles. The summed E-state index contributed by atoms with van der Waals surface area (Å²) < 4.78 is 0. The molecule has 5 nitrogen and oxygen atoms in total. The highest BCUT2D eigenvalue weighted by Gasteiger charge is 2.25. The van der Waals surface area contributed by atoms with Crippen molar-refractivity contribution >= 4 is 29.9 Å². The molecule has 0 aromatic heterocycles. The lowest BCUT2D eigenvalue weighted by Gasteiger charge is -2.22. The fourth-order valence-corrected chi connectivity index (χ4v) is 2.30. The molecule has 1 aromatic carbocycles. The largest absolute Gasteiger partial charge is 0.356 e. The second-order valence-electron chi connectivity index (χ2n) is 4.97. The van der Waals surface area contributed by atoms with E-state index in [4.69, 9.17) is 0 Å². The van der Waals surface area contributed by atoms with E-state index in [1.807, 2.05) is 31.2 Å². The third-order valence-corrected chi connectivity index (χ3v) is 3.46. The molecule has 2 amide bonds. The Morgan fingerprint density at radius 2 is 2.14 bits per heavy atom. The van der Waals surface area contributed by atoms with Crippen LogP contribution in [0.3, 0.4) is 0 Å². The fourth-order valence-electron chi connectivity index (χ4n) is 2.30. The van der Waals surface area contributed by atoms with Gasteiger partial charge in [-0.2, -0.15) is 0 Å². The summed E-state index contributed by atoms with van der Waals surface area (Å²) in [5.41, 5.74) is 1.88. The highest BCUT2D eigenvalue weighted by molar-refractivity contribution is 5.96. The van der Waals surface area contributed by atoms with Crippen LogP contribution in [0.2, 0.25) is 0 Å². The van der Waals surface area contributed by atoms with Gasteiger partial charge < -0.3 is 16.0 Å². The van der Waals surface area contributed by atoms with Crippen LogP contribution in [0.15, 0.2) is 24.3 Å². The van der Waals surface area contributed by atoms with Crippen LogP contribution < -0.4 is 16.0 Å². The molecule has 0 aliphatic carbocycles. The lowest BCUT2D eigenvalue weighted by molar-refractivity contribution is -0.129. The summed E-state index contributed by atoms with van der Waals surface area (Å²) in [6.07, 6.45) is 0.980. The molecule has 1 aromatic rings. The Morgan fingerprint density at radius 1 is 1.38 bits per heavy atom. The van der Waals surface area contributed by atoms with E-state index >= 15 is 0 Å². The number of benzene rings is 1. The first-order valence-corrected chi connectivity index (χ1v) is 7.07. The Hall–Kier alpha value is -1.59. The molecule has 21 heavy (non-hydrogen) atoms. The molecule has 1 atom stereocenters. The Balaban J connectivity index is 0.00000220. The molecule has 1 unspecified atom stereocenters. The third-order valence-electron chi connectivity index (χ3n) is 3.46. The Morgan fingerprint density at radius 3 is 2.86 bits per heavy atom. The molecule has 2 rings (SSSR count). The molecule has 0 radical (unpaired) electrons. The van der Waals surface area contributed by atoms with E-state index in [0.717, 1.165) is 24.3 Å². The van der Waals surface area contributed by atoms with Crippen molar-refractivity contribution in [2.45, 2.75) is 26.3 Å². The summed E-state index contributed by atoms with van der Waals surface area (Å²) >= 11 is 0. The number of rotatable bonds is 5. The number of hydrogen-bond donors (Lipinski definition) is 3. The van der Waals surface area contributed by atoms with Crippen LogP contribution in [-0.2, 0) is 16.1 Å². The Kier molecular flexibility index (Phi) is 7.19. The van der Waals surface area contributed by atoms with E-state index in [-0.39, 0.29) is 36.6 Å². The van der Waals surface area contributed by atoms with Crippen molar-refractivity contribution in [1.29, 1.82) is 0 Å². The topological polar surface area (TPSA) is 70.2 Å². The van der Waals surface area contributed by atoms with Crippen LogP contribution in [0.25, 0.3) is 0 Å². The summed E-state index contributed by atoms with van der Waals surface area (Å²) in [6, 6.07) is 7.74. The summed E-state index contributed by atoms with van der Waals surface area (Å²) in [5.74, 6) is -0.336. The number of carbonyl (C=O) groups is 2. The maximum atomic E-state index is 12.2. The van der Waals surface area contributed by atoms with Crippen molar-refractivity contribution in [2.24, 2.45) is 5.92 Å². The first-order chi connectivity index (χ1) is 9.70. The Bertz CT molecular complexity index is 494. The van der Waals surface area contributed by atoms with E-state index in [2.05, 4.69) is 16.0 Å². The molecular weight excluding hydrogens is 290 g/mol. The molecule has 0 saturated carbocycles.